The van der Waals surface area contributed by atoms with Crippen molar-refractivity contribution in [3.8, 4) is 0 Å². The quantitative estimate of drug-likeness (QED) is 0.833. The molecule has 0 atom stereocenters. The summed E-state index contributed by atoms with van der Waals surface area (Å²) in [6, 6.07) is 2.45. The number of anilines is 2. The van der Waals surface area contributed by atoms with Crippen LogP contribution in [0.25, 0.3) is 0 Å². The molecule has 3 heterocycles. The molecule has 3 fully saturated rings. The molecule has 0 spiro atoms. The van der Waals surface area contributed by atoms with Gasteiger partial charge in [-0.2, -0.15) is 4.98 Å². The molecule has 1 saturated carbocycles. The van der Waals surface area contributed by atoms with Crippen molar-refractivity contribution < 1.29 is 4.74 Å². The minimum Gasteiger partial charge on any atom is -0.379 e. The standard InChI is InChI=1S/C18H30N6O/c19-15-9-14(10-15)16-11-17(22-18(20)21-16)24-3-1-13(2-4-24)12-23-5-7-25-8-6-23/h11,13-15H,1-10,12,19H2,(H2,20,21,22). The van der Waals surface area contributed by atoms with Gasteiger partial charge in [-0.3, -0.25) is 4.90 Å². The minimum atomic E-state index is 0.320. The zero-order valence-corrected chi connectivity index (χ0v) is 14.9. The number of nitrogens with zero attached hydrogens (tertiary/aromatic N) is 4. The molecule has 0 unspecified atom stereocenters. The molecule has 4 rings (SSSR count). The van der Waals surface area contributed by atoms with Gasteiger partial charge in [0.2, 0.25) is 5.95 Å². The zero-order valence-electron chi connectivity index (χ0n) is 14.9. The molecule has 1 aromatic rings. The second-order valence-electron chi connectivity index (χ2n) is 7.78. The molecule has 3 aliphatic rings. The van der Waals surface area contributed by atoms with Gasteiger partial charge in [-0.05, 0) is 31.6 Å². The van der Waals surface area contributed by atoms with Crippen LogP contribution >= 0.6 is 0 Å². The summed E-state index contributed by atoms with van der Waals surface area (Å²) in [5.74, 6) is 2.62. The summed E-state index contributed by atoms with van der Waals surface area (Å²) < 4.78 is 5.44. The SMILES string of the molecule is Nc1nc(C2CC(N)C2)cc(N2CCC(CN3CCOCC3)CC2)n1. The Bertz CT molecular complexity index is 577. The van der Waals surface area contributed by atoms with Gasteiger partial charge in [0, 0.05) is 50.7 Å². The highest BCUT2D eigenvalue weighted by Crippen LogP contribution is 2.36. The fourth-order valence-electron chi connectivity index (χ4n) is 4.24. The van der Waals surface area contributed by atoms with E-state index >= 15 is 0 Å². The highest BCUT2D eigenvalue weighted by molar-refractivity contribution is 5.45. The lowest BCUT2D eigenvalue weighted by atomic mass is 9.78. The number of aromatic nitrogens is 2. The number of morpholine rings is 1. The molecule has 2 saturated heterocycles. The monoisotopic (exact) mass is 346 g/mol. The maximum atomic E-state index is 5.97. The average Bonchev–Trinajstić information content (AvgIpc) is 2.60. The largest absolute Gasteiger partial charge is 0.379 e. The summed E-state index contributed by atoms with van der Waals surface area (Å²) in [5.41, 5.74) is 13.0. The Morgan fingerprint density at radius 3 is 2.48 bits per heavy atom. The zero-order chi connectivity index (χ0) is 17.2. The molecule has 0 bridgehead atoms. The van der Waals surface area contributed by atoms with Crippen LogP contribution in [-0.2, 0) is 4.74 Å². The van der Waals surface area contributed by atoms with Crippen LogP contribution in [-0.4, -0.2) is 66.8 Å². The molecule has 0 amide bonds. The van der Waals surface area contributed by atoms with E-state index in [9.17, 15) is 0 Å². The van der Waals surface area contributed by atoms with Gasteiger partial charge in [-0.1, -0.05) is 0 Å². The van der Waals surface area contributed by atoms with Crippen molar-refractivity contribution in [3.05, 3.63) is 11.8 Å². The van der Waals surface area contributed by atoms with E-state index in [0.29, 0.717) is 17.9 Å². The van der Waals surface area contributed by atoms with Gasteiger partial charge in [0.05, 0.1) is 18.9 Å². The summed E-state index contributed by atoms with van der Waals surface area (Å²) in [6.07, 6.45) is 4.45. The van der Waals surface area contributed by atoms with E-state index in [1.807, 2.05) is 0 Å². The summed E-state index contributed by atoms with van der Waals surface area (Å²) in [6.45, 7) is 7.23. The minimum absolute atomic E-state index is 0.320. The van der Waals surface area contributed by atoms with Gasteiger partial charge < -0.3 is 21.1 Å². The van der Waals surface area contributed by atoms with Gasteiger partial charge in [-0.25, -0.2) is 4.98 Å². The Balaban J connectivity index is 1.34. The molecule has 138 valence electrons. The Kier molecular flexibility index (Phi) is 5.05. The highest BCUT2D eigenvalue weighted by atomic mass is 16.5. The summed E-state index contributed by atoms with van der Waals surface area (Å²) in [5, 5.41) is 0. The predicted octanol–water partition coefficient (Wildman–Crippen LogP) is 0.812. The first-order chi connectivity index (χ1) is 12.2. The molecule has 4 N–H and O–H groups in total. The van der Waals surface area contributed by atoms with Crippen molar-refractivity contribution in [2.75, 3.05) is 56.6 Å². The molecular weight excluding hydrogens is 316 g/mol. The number of ether oxygens (including phenoxy) is 1. The molecule has 7 heteroatoms. The van der Waals surface area contributed by atoms with Crippen molar-refractivity contribution in [3.63, 3.8) is 0 Å². The normalized spacial score (nSPS) is 28.8. The fraction of sp³-hybridized carbons (Fsp3) is 0.778. The third kappa shape index (κ3) is 4.04. The number of nitrogen functional groups attached to an aromatic ring is 1. The van der Waals surface area contributed by atoms with Crippen LogP contribution in [0.3, 0.4) is 0 Å². The van der Waals surface area contributed by atoms with Gasteiger partial charge in [0.1, 0.15) is 5.82 Å². The number of hydrogen-bond acceptors (Lipinski definition) is 7. The van der Waals surface area contributed by atoms with Gasteiger partial charge in [-0.15, -0.1) is 0 Å². The fourth-order valence-corrected chi connectivity index (χ4v) is 4.24. The molecule has 0 radical (unpaired) electrons. The van der Waals surface area contributed by atoms with Crippen LogP contribution in [0.5, 0.6) is 0 Å². The summed E-state index contributed by atoms with van der Waals surface area (Å²) in [7, 11) is 0. The molecule has 7 nitrogen and oxygen atoms in total. The van der Waals surface area contributed by atoms with E-state index < -0.39 is 0 Å². The number of piperidine rings is 1. The second-order valence-corrected chi connectivity index (χ2v) is 7.78. The van der Waals surface area contributed by atoms with Crippen molar-refractivity contribution in [1.29, 1.82) is 0 Å². The van der Waals surface area contributed by atoms with Crippen LogP contribution in [0.1, 0.15) is 37.3 Å². The first kappa shape index (κ1) is 17.0. The van der Waals surface area contributed by atoms with E-state index in [2.05, 4.69) is 25.8 Å². The molecule has 2 aliphatic heterocycles. The Morgan fingerprint density at radius 1 is 1.08 bits per heavy atom. The third-order valence-electron chi connectivity index (χ3n) is 5.90. The van der Waals surface area contributed by atoms with Crippen LogP contribution in [0.4, 0.5) is 11.8 Å². The number of rotatable bonds is 4. The van der Waals surface area contributed by atoms with Crippen molar-refractivity contribution in [2.24, 2.45) is 11.7 Å². The Hall–Kier alpha value is -1.44. The average molecular weight is 346 g/mol. The van der Waals surface area contributed by atoms with E-state index in [-0.39, 0.29) is 0 Å². The maximum Gasteiger partial charge on any atom is 0.222 e. The van der Waals surface area contributed by atoms with Crippen LogP contribution in [0.2, 0.25) is 0 Å². The van der Waals surface area contributed by atoms with E-state index in [1.165, 1.54) is 19.4 Å². The predicted molar refractivity (Wildman–Crippen MR) is 98.6 cm³/mol. The lowest BCUT2D eigenvalue weighted by Gasteiger charge is -2.37. The van der Waals surface area contributed by atoms with E-state index in [0.717, 1.165) is 69.7 Å². The first-order valence-electron chi connectivity index (χ1n) is 9.62. The van der Waals surface area contributed by atoms with Gasteiger partial charge in [0.15, 0.2) is 0 Å². The van der Waals surface area contributed by atoms with E-state index in [4.69, 9.17) is 16.2 Å². The van der Waals surface area contributed by atoms with E-state index in [1.54, 1.807) is 0 Å². The smallest absolute Gasteiger partial charge is 0.222 e. The third-order valence-corrected chi connectivity index (χ3v) is 5.90. The molecule has 1 aromatic heterocycles. The Labute approximate surface area is 149 Å². The molecule has 25 heavy (non-hydrogen) atoms. The Morgan fingerprint density at radius 2 is 1.80 bits per heavy atom. The lowest BCUT2D eigenvalue weighted by Crippen LogP contribution is -2.43. The van der Waals surface area contributed by atoms with Crippen LogP contribution in [0, 0.1) is 5.92 Å². The molecule has 0 aromatic carbocycles. The summed E-state index contributed by atoms with van der Waals surface area (Å²) >= 11 is 0. The topological polar surface area (TPSA) is 93.5 Å². The van der Waals surface area contributed by atoms with Crippen molar-refractivity contribution >= 4 is 11.8 Å². The number of nitrogens with two attached hydrogens (primary N) is 2. The number of hydrogen-bond donors (Lipinski definition) is 2. The van der Waals surface area contributed by atoms with Crippen molar-refractivity contribution in [2.45, 2.75) is 37.6 Å². The highest BCUT2D eigenvalue weighted by Gasteiger charge is 2.30. The summed E-state index contributed by atoms with van der Waals surface area (Å²) in [4.78, 5) is 13.9. The first-order valence-corrected chi connectivity index (χ1v) is 9.62. The van der Waals surface area contributed by atoms with Crippen molar-refractivity contribution in [1.82, 2.24) is 14.9 Å². The van der Waals surface area contributed by atoms with Crippen LogP contribution < -0.4 is 16.4 Å². The second kappa shape index (κ2) is 7.43. The van der Waals surface area contributed by atoms with Crippen LogP contribution in [0.15, 0.2) is 6.07 Å². The lowest BCUT2D eigenvalue weighted by molar-refractivity contribution is 0.0289. The maximum absolute atomic E-state index is 5.97. The molecular formula is C18H30N6O. The van der Waals surface area contributed by atoms with Gasteiger partial charge >= 0.3 is 0 Å². The molecule has 1 aliphatic carbocycles. The van der Waals surface area contributed by atoms with Gasteiger partial charge in [0.25, 0.3) is 0 Å².